The van der Waals surface area contributed by atoms with E-state index < -0.39 is 46.5 Å². The van der Waals surface area contributed by atoms with Crippen molar-refractivity contribution in [1.29, 1.82) is 0 Å². The number of rotatable bonds is 10. The van der Waals surface area contributed by atoms with Crippen molar-refractivity contribution < 1.29 is 35.1 Å². The first-order chi connectivity index (χ1) is 37.5. The van der Waals surface area contributed by atoms with Gasteiger partial charge in [0.1, 0.15) is 46.5 Å². The second-order valence-electron chi connectivity index (χ2n) is 19.9. The normalized spacial score (nSPS) is 11.6. The van der Waals surface area contributed by atoms with E-state index in [-0.39, 0.29) is 22.3 Å². The summed E-state index contributed by atoms with van der Waals surface area (Å²) in [5, 5.41) is 5.28. The summed E-state index contributed by atoms with van der Waals surface area (Å²) in [6.07, 6.45) is 0. The fourth-order valence-electron chi connectivity index (χ4n) is 11.3. The van der Waals surface area contributed by atoms with Gasteiger partial charge in [-0.3, -0.25) is 0 Å². The predicted octanol–water partition coefficient (Wildman–Crippen LogP) is 20.5. The van der Waals surface area contributed by atoms with Gasteiger partial charge in [0.2, 0.25) is 0 Å². The zero-order valence-corrected chi connectivity index (χ0v) is 42.4. The van der Waals surface area contributed by atoms with Crippen LogP contribution < -0.4 is 9.80 Å². The highest BCUT2D eigenvalue weighted by molar-refractivity contribution is 6.28. The molecule has 10 heteroatoms. The molecule has 0 aliphatic carbocycles. The molecule has 0 saturated carbocycles. The van der Waals surface area contributed by atoms with Crippen LogP contribution in [-0.4, -0.2) is 0 Å². The molecule has 0 unspecified atom stereocenters. The molecule has 0 saturated heterocycles. The molecule has 382 valence electrons. The monoisotopic (exact) mass is 1040 g/mol. The number of halogens is 8. The second-order valence-corrected chi connectivity index (χ2v) is 19.9. The molecule has 0 bridgehead atoms. The third-order valence-electron chi connectivity index (χ3n) is 14.6. The zero-order valence-electron chi connectivity index (χ0n) is 42.4. The molecular formula is C68H44F8N2. The SMILES string of the molecule is Cc1cccc(C)c1N(c1cc(-c2cc(F)cc(F)c2)cc(-c2cc(F)cc(F)c2)c1)c1ccc2ccc3c(N(c4cc(-c5cc(F)cc(F)c5)cc(-c5cc(F)cc(F)c5)c4)c4c(C)cccc4C)ccc4ccc1c2c43. The average Bonchev–Trinajstić information content (AvgIpc) is 3.58. The van der Waals surface area contributed by atoms with Crippen LogP contribution in [0, 0.1) is 74.2 Å². The van der Waals surface area contributed by atoms with Crippen molar-refractivity contribution >= 4 is 66.4 Å². The Morgan fingerprint density at radius 1 is 0.256 bits per heavy atom. The number of aryl methyl sites for hydroxylation is 4. The van der Waals surface area contributed by atoms with E-state index in [9.17, 15) is 0 Å². The Morgan fingerprint density at radius 3 is 0.769 bits per heavy atom. The lowest BCUT2D eigenvalue weighted by Gasteiger charge is -2.32. The Bertz CT molecular complexity index is 3850. The van der Waals surface area contributed by atoms with Gasteiger partial charge in [0.05, 0.1) is 22.7 Å². The van der Waals surface area contributed by atoms with Crippen LogP contribution in [0.1, 0.15) is 22.3 Å². The summed E-state index contributed by atoms with van der Waals surface area (Å²) in [7, 11) is 0. The number of nitrogens with zero attached hydrogens (tertiary/aromatic N) is 2. The molecule has 0 spiro atoms. The minimum Gasteiger partial charge on any atom is -0.309 e. The van der Waals surface area contributed by atoms with Crippen LogP contribution in [0.5, 0.6) is 0 Å². The van der Waals surface area contributed by atoms with Gasteiger partial charge >= 0.3 is 0 Å². The molecular weight excluding hydrogens is 997 g/mol. The number of benzene rings is 12. The van der Waals surface area contributed by atoms with Crippen LogP contribution in [0.2, 0.25) is 0 Å². The zero-order chi connectivity index (χ0) is 54.3. The Kier molecular flexibility index (Phi) is 12.3. The smallest absolute Gasteiger partial charge is 0.126 e. The maximum atomic E-state index is 15.0. The van der Waals surface area contributed by atoms with E-state index >= 15 is 35.1 Å². The van der Waals surface area contributed by atoms with Crippen molar-refractivity contribution in [3.8, 4) is 44.5 Å². The molecule has 0 aliphatic rings. The van der Waals surface area contributed by atoms with Crippen LogP contribution in [-0.2, 0) is 0 Å². The highest BCUT2D eigenvalue weighted by Crippen LogP contribution is 2.51. The minimum absolute atomic E-state index is 0.217. The molecule has 0 radical (unpaired) electrons. The first-order valence-corrected chi connectivity index (χ1v) is 25.1. The van der Waals surface area contributed by atoms with E-state index in [1.165, 1.54) is 48.5 Å². The summed E-state index contributed by atoms with van der Waals surface area (Å²) in [5.41, 5.74) is 10.2. The van der Waals surface area contributed by atoms with Crippen molar-refractivity contribution in [1.82, 2.24) is 0 Å². The van der Waals surface area contributed by atoms with E-state index in [1.807, 2.05) is 125 Å². The molecule has 0 aliphatic heterocycles. The van der Waals surface area contributed by atoms with Gasteiger partial charge in [0, 0.05) is 46.4 Å². The Balaban J connectivity index is 1.14. The Morgan fingerprint density at radius 2 is 0.500 bits per heavy atom. The van der Waals surface area contributed by atoms with Crippen molar-refractivity contribution in [3.63, 3.8) is 0 Å². The molecule has 2 nitrogen and oxygen atoms in total. The Labute approximate surface area is 444 Å². The van der Waals surface area contributed by atoms with Crippen LogP contribution in [0.15, 0.2) is 194 Å². The van der Waals surface area contributed by atoms with Crippen molar-refractivity contribution in [2.75, 3.05) is 9.80 Å². The fraction of sp³-hybridized carbons (Fsp3) is 0.0588. The highest BCUT2D eigenvalue weighted by Gasteiger charge is 2.26. The van der Waals surface area contributed by atoms with Gasteiger partial charge in [-0.25, -0.2) is 35.1 Å². The molecule has 0 amide bonds. The van der Waals surface area contributed by atoms with Gasteiger partial charge in [0.15, 0.2) is 0 Å². The molecule has 12 aromatic carbocycles. The summed E-state index contributed by atoms with van der Waals surface area (Å²) in [4.78, 5) is 4.16. The first kappa shape index (κ1) is 49.6. The van der Waals surface area contributed by atoms with Crippen LogP contribution >= 0.6 is 0 Å². The molecule has 0 heterocycles. The predicted molar refractivity (Wildman–Crippen MR) is 300 cm³/mol. The fourth-order valence-corrected chi connectivity index (χ4v) is 11.3. The lowest BCUT2D eigenvalue weighted by atomic mass is 9.90. The molecule has 0 fully saturated rings. The lowest BCUT2D eigenvalue weighted by Crippen LogP contribution is -2.14. The minimum atomic E-state index is -0.792. The van der Waals surface area contributed by atoms with Gasteiger partial charge in [-0.05, 0) is 213 Å². The lowest BCUT2D eigenvalue weighted by molar-refractivity contribution is 0.583. The molecule has 12 aromatic rings. The van der Waals surface area contributed by atoms with E-state index in [2.05, 4.69) is 21.9 Å². The van der Waals surface area contributed by atoms with Crippen LogP contribution in [0.3, 0.4) is 0 Å². The van der Waals surface area contributed by atoms with Gasteiger partial charge in [-0.15, -0.1) is 0 Å². The number of hydrogen-bond donors (Lipinski definition) is 0. The van der Waals surface area contributed by atoms with E-state index in [4.69, 9.17) is 0 Å². The van der Waals surface area contributed by atoms with E-state index in [0.29, 0.717) is 33.6 Å². The number of hydrogen-bond acceptors (Lipinski definition) is 2. The molecule has 12 rings (SSSR count). The van der Waals surface area contributed by atoms with Gasteiger partial charge in [0.25, 0.3) is 0 Å². The van der Waals surface area contributed by atoms with Crippen LogP contribution in [0.4, 0.5) is 69.2 Å². The van der Waals surface area contributed by atoms with Crippen molar-refractivity contribution in [2.45, 2.75) is 27.7 Å². The maximum Gasteiger partial charge on any atom is 0.126 e. The molecule has 0 N–H and O–H groups in total. The second kappa shape index (κ2) is 19.4. The van der Waals surface area contributed by atoms with Gasteiger partial charge < -0.3 is 9.80 Å². The topological polar surface area (TPSA) is 6.48 Å². The van der Waals surface area contributed by atoms with Gasteiger partial charge in [-0.2, -0.15) is 0 Å². The first-order valence-electron chi connectivity index (χ1n) is 25.1. The molecule has 0 aromatic heterocycles. The quantitative estimate of drug-likeness (QED) is 0.0995. The number of anilines is 6. The van der Waals surface area contributed by atoms with E-state index in [0.717, 1.165) is 102 Å². The highest BCUT2D eigenvalue weighted by atomic mass is 19.2. The van der Waals surface area contributed by atoms with Crippen LogP contribution in [0.25, 0.3) is 76.8 Å². The number of para-hydroxylation sites is 2. The summed E-state index contributed by atoms with van der Waals surface area (Å²) < 4.78 is 120. The average molecular weight is 1040 g/mol. The Hall–Kier alpha value is -9.28. The molecule has 0 atom stereocenters. The third-order valence-corrected chi connectivity index (χ3v) is 14.6. The molecule has 78 heavy (non-hydrogen) atoms. The summed E-state index contributed by atoms with van der Waals surface area (Å²) in [5.74, 6) is -6.34. The van der Waals surface area contributed by atoms with Gasteiger partial charge in [-0.1, -0.05) is 72.8 Å². The summed E-state index contributed by atoms with van der Waals surface area (Å²) >= 11 is 0. The standard InChI is InChI=1S/C68H44F8N2/c1-37-7-5-8-38(2)67(37)77(59-29-43(47-21-51(69)33-52(70)22-47)19-44(30-59)48-23-53(71)34-54(72)24-48)63-17-13-41-12-16-62-64(18-14-42-11-15-61(63)65(41)66(42)62)78(68-39(3)9-6-10-40(68)4)60-31-45(49-25-55(73)35-56(74)26-49)20-46(32-60)50-27-57(75)36-58(76)28-50/h5-36H,1-4H3. The largest absolute Gasteiger partial charge is 0.309 e. The maximum absolute atomic E-state index is 15.0. The van der Waals surface area contributed by atoms with Crippen molar-refractivity contribution in [2.24, 2.45) is 0 Å². The summed E-state index contributed by atoms with van der Waals surface area (Å²) in [6.45, 7) is 7.96. The van der Waals surface area contributed by atoms with E-state index in [1.54, 1.807) is 12.1 Å². The summed E-state index contributed by atoms with van der Waals surface area (Å²) in [6, 6.07) is 51.7. The third kappa shape index (κ3) is 9.02. The van der Waals surface area contributed by atoms with Crippen molar-refractivity contribution in [3.05, 3.63) is 263 Å².